The third kappa shape index (κ3) is 4.04. The van der Waals surface area contributed by atoms with Crippen LogP contribution in [0.1, 0.15) is 0 Å². The van der Waals surface area contributed by atoms with Gasteiger partial charge >= 0.3 is 0 Å². The van der Waals surface area contributed by atoms with Crippen LogP contribution in [0.2, 0.25) is 0 Å². The monoisotopic (exact) mass is 373 g/mol. The highest BCUT2D eigenvalue weighted by Crippen LogP contribution is 2.51. The zero-order chi connectivity index (χ0) is 18.5. The molecule has 0 aliphatic heterocycles. The molecule has 0 heterocycles. The van der Waals surface area contributed by atoms with Crippen molar-refractivity contribution in [1.82, 2.24) is 0 Å². The molecule has 26 heavy (non-hydrogen) atoms. The van der Waals surface area contributed by atoms with Crippen molar-refractivity contribution in [3.05, 3.63) is 115 Å². The SMILES string of the molecule is [2H]S(c1ccccc1)(c1ccccc1)c1ccc(Sc2ccccc2)cc1. The Morgan fingerprint density at radius 3 is 1.35 bits per heavy atom. The largest absolute Gasteiger partial charge is 0.173 e. The van der Waals surface area contributed by atoms with Crippen molar-refractivity contribution < 1.29 is 0 Å². The molecule has 0 aliphatic carbocycles. The quantitative estimate of drug-likeness (QED) is 0.358. The van der Waals surface area contributed by atoms with Crippen molar-refractivity contribution in [2.45, 2.75) is 24.5 Å². The second kappa shape index (κ2) is 8.31. The van der Waals surface area contributed by atoms with Crippen LogP contribution in [0.3, 0.4) is 0 Å². The lowest BCUT2D eigenvalue weighted by Crippen LogP contribution is -1.88. The predicted molar refractivity (Wildman–Crippen MR) is 114 cm³/mol. The first kappa shape index (κ1) is 15.8. The molecule has 0 fully saturated rings. The van der Waals surface area contributed by atoms with Crippen molar-refractivity contribution in [2.24, 2.45) is 0 Å². The van der Waals surface area contributed by atoms with Gasteiger partial charge in [0.25, 0.3) is 0 Å². The highest BCUT2D eigenvalue weighted by atomic mass is 32.2. The molecular formula is C24H20S2. The second-order valence-corrected chi connectivity index (χ2v) is 8.99. The number of thiol groups is 1. The van der Waals surface area contributed by atoms with Crippen molar-refractivity contribution in [2.75, 3.05) is 0 Å². The van der Waals surface area contributed by atoms with Crippen molar-refractivity contribution in [3.8, 4) is 0 Å². The van der Waals surface area contributed by atoms with Gasteiger partial charge in [-0.05, 0) is 75.4 Å². The molecule has 4 aromatic carbocycles. The summed E-state index contributed by atoms with van der Waals surface area (Å²) in [5.41, 5.74) is 0. The van der Waals surface area contributed by atoms with Crippen molar-refractivity contribution >= 4 is 22.6 Å². The van der Waals surface area contributed by atoms with Gasteiger partial charge in [0.2, 0.25) is 0 Å². The maximum Gasteiger partial charge on any atom is 0.0971 e. The van der Waals surface area contributed by atoms with E-state index in [0.717, 1.165) is 14.7 Å². The number of rotatable bonds is 5. The summed E-state index contributed by atoms with van der Waals surface area (Å²) < 4.78 is 9.51. The van der Waals surface area contributed by atoms with E-state index in [1.165, 1.54) is 9.79 Å². The van der Waals surface area contributed by atoms with Crippen LogP contribution >= 0.6 is 22.6 Å². The smallest absolute Gasteiger partial charge is 0.0971 e. The van der Waals surface area contributed by atoms with E-state index in [1.54, 1.807) is 11.8 Å². The van der Waals surface area contributed by atoms with Gasteiger partial charge in [0.05, 0.1) is 1.12 Å². The summed E-state index contributed by atoms with van der Waals surface area (Å²) in [6.07, 6.45) is 0. The highest BCUT2D eigenvalue weighted by molar-refractivity contribution is 8.17. The van der Waals surface area contributed by atoms with Gasteiger partial charge in [-0.25, -0.2) is 0 Å². The number of hydrogen-bond acceptors (Lipinski definition) is 1. The lowest BCUT2D eigenvalue weighted by molar-refractivity contribution is 1.29. The van der Waals surface area contributed by atoms with E-state index in [4.69, 9.17) is 0 Å². The molecule has 0 N–H and O–H groups in total. The molecular weight excluding hydrogens is 352 g/mol. The molecule has 0 atom stereocenters. The lowest BCUT2D eigenvalue weighted by Gasteiger charge is -2.23. The third-order valence-electron chi connectivity index (χ3n) is 4.00. The Hall–Kier alpha value is -2.42. The molecule has 0 nitrogen and oxygen atoms in total. The average Bonchev–Trinajstić information content (AvgIpc) is 2.76. The first-order valence-corrected chi connectivity index (χ1v) is 10.6. The third-order valence-corrected chi connectivity index (χ3v) is 7.24. The molecule has 2 heteroatoms. The van der Waals surface area contributed by atoms with Crippen LogP contribution in [0, 0.1) is 0 Å². The molecule has 0 amide bonds. The van der Waals surface area contributed by atoms with E-state index in [0.29, 0.717) is 0 Å². The van der Waals surface area contributed by atoms with Gasteiger partial charge < -0.3 is 0 Å². The van der Waals surface area contributed by atoms with Gasteiger partial charge in [0, 0.05) is 9.79 Å². The second-order valence-electron chi connectivity index (χ2n) is 5.82. The predicted octanol–water partition coefficient (Wildman–Crippen LogP) is 7.32. The molecule has 0 aromatic heterocycles. The Morgan fingerprint density at radius 1 is 0.462 bits per heavy atom. The van der Waals surface area contributed by atoms with Crippen LogP contribution in [0.5, 0.6) is 0 Å². The number of benzene rings is 4. The van der Waals surface area contributed by atoms with Gasteiger partial charge in [-0.2, -0.15) is 10.8 Å². The van der Waals surface area contributed by atoms with E-state index in [1.807, 2.05) is 42.5 Å². The fraction of sp³-hybridized carbons (Fsp3) is 0. The summed E-state index contributed by atoms with van der Waals surface area (Å²) in [6, 6.07) is 39.3. The fourth-order valence-corrected chi connectivity index (χ4v) is 5.71. The molecule has 0 aliphatic rings. The normalized spacial score (nSPS) is 12.4. The molecule has 4 rings (SSSR count). The zero-order valence-corrected chi connectivity index (χ0v) is 15.9. The minimum atomic E-state index is -2.02. The van der Waals surface area contributed by atoms with Crippen LogP contribution < -0.4 is 0 Å². The average molecular weight is 374 g/mol. The first-order chi connectivity index (χ1) is 13.3. The van der Waals surface area contributed by atoms with Crippen molar-refractivity contribution in [1.29, 1.82) is 1.12 Å². The van der Waals surface area contributed by atoms with E-state index in [9.17, 15) is 1.12 Å². The highest BCUT2D eigenvalue weighted by Gasteiger charge is 2.12. The Kier molecular flexibility index (Phi) is 5.05. The van der Waals surface area contributed by atoms with Gasteiger partial charge in [0.15, 0.2) is 0 Å². The van der Waals surface area contributed by atoms with E-state index >= 15 is 0 Å². The topological polar surface area (TPSA) is 0 Å². The molecule has 0 spiro atoms. The van der Waals surface area contributed by atoms with Crippen molar-refractivity contribution in [3.63, 3.8) is 0 Å². The summed E-state index contributed by atoms with van der Waals surface area (Å²) in [7, 11) is -2.02. The Labute approximate surface area is 163 Å². The number of hydrogen-bond donors (Lipinski definition) is 1. The molecule has 4 aromatic rings. The summed E-state index contributed by atoms with van der Waals surface area (Å²) in [4.78, 5) is 5.57. The van der Waals surface area contributed by atoms with Crippen LogP contribution in [0.15, 0.2) is 140 Å². The molecule has 128 valence electrons. The standard InChI is InChI=1S/C24H20S2/c1-4-10-20(11-5-1)25-21-16-18-24(19-17-21)26(22-12-6-2-7-13-22)23-14-8-3-9-15-23/h1-19,26H/i26D. The van der Waals surface area contributed by atoms with Gasteiger partial charge in [0.1, 0.15) is 0 Å². The van der Waals surface area contributed by atoms with E-state index < -0.39 is 10.8 Å². The fourth-order valence-electron chi connectivity index (χ4n) is 2.79. The summed E-state index contributed by atoms with van der Waals surface area (Å²) in [6.45, 7) is 0. The van der Waals surface area contributed by atoms with Crippen LogP contribution in [-0.4, -0.2) is 1.12 Å². The Balaban J connectivity index is 1.73. The zero-order valence-electron chi connectivity index (χ0n) is 15.3. The molecule has 0 saturated carbocycles. The van der Waals surface area contributed by atoms with E-state index in [2.05, 4.69) is 72.8 Å². The Bertz CT molecular complexity index is 945. The minimum Gasteiger partial charge on any atom is -0.173 e. The summed E-state index contributed by atoms with van der Waals surface area (Å²) >= 11 is 1.75. The maximum atomic E-state index is 9.51. The maximum absolute atomic E-state index is 9.51. The van der Waals surface area contributed by atoms with Crippen LogP contribution in [-0.2, 0) is 0 Å². The van der Waals surface area contributed by atoms with Crippen LogP contribution in [0.25, 0.3) is 0 Å². The summed E-state index contributed by atoms with van der Waals surface area (Å²) in [5, 5.41) is 0. The van der Waals surface area contributed by atoms with Crippen LogP contribution in [0.4, 0.5) is 0 Å². The first-order valence-electron chi connectivity index (χ1n) is 8.98. The summed E-state index contributed by atoms with van der Waals surface area (Å²) in [5.74, 6) is 0. The minimum absolute atomic E-state index is 1.05. The molecule has 0 saturated heterocycles. The van der Waals surface area contributed by atoms with Gasteiger partial charge in [-0.15, -0.1) is 0 Å². The molecule has 0 radical (unpaired) electrons. The Morgan fingerprint density at radius 2 is 0.846 bits per heavy atom. The van der Waals surface area contributed by atoms with Gasteiger partial charge in [-0.1, -0.05) is 66.4 Å². The molecule has 0 bridgehead atoms. The lowest BCUT2D eigenvalue weighted by atomic mass is 10.3. The molecule has 0 unspecified atom stereocenters. The van der Waals surface area contributed by atoms with Gasteiger partial charge in [-0.3, -0.25) is 0 Å². The van der Waals surface area contributed by atoms with E-state index in [-0.39, 0.29) is 0 Å².